The van der Waals surface area contributed by atoms with E-state index in [1.807, 2.05) is 20.8 Å². The number of carboxylic acid groups (broad SMARTS) is 1. The van der Waals surface area contributed by atoms with Gasteiger partial charge in [0.15, 0.2) is 11.6 Å². The van der Waals surface area contributed by atoms with Crippen molar-refractivity contribution in [1.82, 2.24) is 9.97 Å². The fraction of sp³-hybridized carbons (Fsp3) is 0.737. The van der Waals surface area contributed by atoms with Gasteiger partial charge in [0.25, 0.3) is 6.47 Å². The van der Waals surface area contributed by atoms with Crippen LogP contribution in [0.15, 0.2) is 0 Å². The minimum atomic E-state index is -0.250. The summed E-state index contributed by atoms with van der Waals surface area (Å²) in [6.45, 7) is 16.4. The Morgan fingerprint density at radius 2 is 1.93 bits per heavy atom. The van der Waals surface area contributed by atoms with Gasteiger partial charge < -0.3 is 19.5 Å². The Labute approximate surface area is 166 Å². The number of carbonyl (C=O) groups is 1. The van der Waals surface area contributed by atoms with Crippen molar-refractivity contribution < 1.29 is 19.4 Å². The standard InChI is InChI=1S/C16H25N3O2S.C2H6.CH2O2/c1-10-7-20-8-16(5)9-21-12-13(15(3,4)22-6)17-11(2)18-14(12)19(10)16;1-2;2-1-3/h10H,7-9H2,1-6H3;1-2H3;1H,(H,2,3)/t10-,16+;;/m1../s1. The average Bonchev–Trinajstić information content (AvgIpc) is 2.62. The van der Waals surface area contributed by atoms with Crippen LogP contribution in [-0.2, 0) is 14.3 Å². The first-order valence-electron chi connectivity index (χ1n) is 9.22. The summed E-state index contributed by atoms with van der Waals surface area (Å²) < 4.78 is 11.8. The van der Waals surface area contributed by atoms with Gasteiger partial charge in [-0.15, -0.1) is 0 Å². The molecule has 0 amide bonds. The van der Waals surface area contributed by atoms with Gasteiger partial charge in [-0.3, -0.25) is 4.79 Å². The van der Waals surface area contributed by atoms with Crippen molar-refractivity contribution in [3.63, 3.8) is 0 Å². The normalized spacial score (nSPS) is 23.4. The molecule has 7 nitrogen and oxygen atoms in total. The first kappa shape index (κ1) is 23.5. The van der Waals surface area contributed by atoms with Crippen LogP contribution < -0.4 is 9.64 Å². The molecule has 0 aliphatic carbocycles. The topological polar surface area (TPSA) is 84.8 Å². The minimum absolute atomic E-state index is 0.110. The number of anilines is 1. The number of fused-ring (bicyclic) bond motifs is 3. The lowest BCUT2D eigenvalue weighted by Crippen LogP contribution is -2.64. The summed E-state index contributed by atoms with van der Waals surface area (Å²) in [6, 6.07) is 0.279. The average molecular weight is 400 g/mol. The van der Waals surface area contributed by atoms with Crippen molar-refractivity contribution in [2.75, 3.05) is 31.0 Å². The van der Waals surface area contributed by atoms with Gasteiger partial charge in [-0.1, -0.05) is 13.8 Å². The Hall–Kier alpha value is -1.54. The molecule has 1 saturated heterocycles. The van der Waals surface area contributed by atoms with Crippen LogP contribution in [-0.4, -0.2) is 59.2 Å². The molecule has 3 rings (SSSR count). The number of aromatic nitrogens is 2. The molecular weight excluding hydrogens is 366 g/mol. The quantitative estimate of drug-likeness (QED) is 0.757. The number of aryl methyl sites for hydroxylation is 1. The second-order valence-electron chi connectivity index (χ2n) is 7.11. The molecule has 154 valence electrons. The van der Waals surface area contributed by atoms with E-state index in [0.717, 1.165) is 29.7 Å². The Balaban J connectivity index is 0.000000665. The summed E-state index contributed by atoms with van der Waals surface area (Å²) in [5.74, 6) is 2.56. The highest BCUT2D eigenvalue weighted by atomic mass is 32.2. The summed E-state index contributed by atoms with van der Waals surface area (Å²) in [4.78, 5) is 20.2. The fourth-order valence-electron chi connectivity index (χ4n) is 3.28. The smallest absolute Gasteiger partial charge is 0.290 e. The van der Waals surface area contributed by atoms with Crippen molar-refractivity contribution in [2.24, 2.45) is 0 Å². The zero-order valence-corrected chi connectivity index (χ0v) is 18.5. The Bertz CT molecular complexity index is 642. The molecule has 0 unspecified atom stereocenters. The van der Waals surface area contributed by atoms with Crippen molar-refractivity contribution >= 4 is 24.1 Å². The van der Waals surface area contributed by atoms with Crippen LogP contribution >= 0.6 is 11.8 Å². The van der Waals surface area contributed by atoms with E-state index in [0.29, 0.717) is 13.2 Å². The van der Waals surface area contributed by atoms with Gasteiger partial charge in [-0.2, -0.15) is 11.8 Å². The minimum Gasteiger partial charge on any atom is -0.485 e. The number of nitrogens with zero attached hydrogens (tertiary/aromatic N) is 3. The third-order valence-electron chi connectivity index (χ3n) is 4.59. The molecule has 0 spiro atoms. The SMILES string of the molecule is CC.CSC(C)(C)c1nc(C)nc2c1OC[C@]1(C)COC[C@@H](C)N21.O=CO. The second-order valence-corrected chi connectivity index (χ2v) is 8.54. The Morgan fingerprint density at radius 1 is 1.33 bits per heavy atom. The first-order chi connectivity index (χ1) is 12.7. The molecule has 3 heterocycles. The highest BCUT2D eigenvalue weighted by molar-refractivity contribution is 7.99. The van der Waals surface area contributed by atoms with E-state index in [-0.39, 0.29) is 22.8 Å². The van der Waals surface area contributed by atoms with E-state index in [1.165, 1.54) is 0 Å². The van der Waals surface area contributed by atoms with Gasteiger partial charge in [0.1, 0.15) is 18.1 Å². The molecule has 2 atom stereocenters. The molecule has 2 aliphatic rings. The van der Waals surface area contributed by atoms with E-state index in [2.05, 4.69) is 38.9 Å². The van der Waals surface area contributed by atoms with E-state index in [4.69, 9.17) is 29.3 Å². The van der Waals surface area contributed by atoms with E-state index >= 15 is 0 Å². The molecule has 0 aromatic carbocycles. The van der Waals surface area contributed by atoms with Crippen LogP contribution in [0.5, 0.6) is 5.75 Å². The third-order valence-corrected chi connectivity index (χ3v) is 5.80. The molecule has 1 N–H and O–H groups in total. The molecule has 8 heteroatoms. The maximum Gasteiger partial charge on any atom is 0.290 e. The van der Waals surface area contributed by atoms with Crippen LogP contribution in [0.4, 0.5) is 5.82 Å². The molecule has 1 aromatic rings. The van der Waals surface area contributed by atoms with Crippen molar-refractivity contribution in [3.05, 3.63) is 11.5 Å². The Kier molecular flexibility index (Phi) is 8.35. The summed E-state index contributed by atoms with van der Waals surface area (Å²) in [5.41, 5.74) is 0.829. The lowest BCUT2D eigenvalue weighted by Gasteiger charge is -2.52. The lowest BCUT2D eigenvalue weighted by molar-refractivity contribution is -0.122. The predicted molar refractivity (Wildman–Crippen MR) is 110 cm³/mol. The van der Waals surface area contributed by atoms with Crippen molar-refractivity contribution in [3.8, 4) is 5.75 Å². The van der Waals surface area contributed by atoms with Gasteiger partial charge in [0.05, 0.1) is 29.5 Å². The zero-order valence-electron chi connectivity index (χ0n) is 17.7. The highest BCUT2D eigenvalue weighted by Gasteiger charge is 2.47. The molecule has 0 radical (unpaired) electrons. The molecule has 0 bridgehead atoms. The lowest BCUT2D eigenvalue weighted by atomic mass is 9.95. The maximum absolute atomic E-state index is 8.36. The van der Waals surface area contributed by atoms with Crippen LogP contribution in [0.2, 0.25) is 0 Å². The van der Waals surface area contributed by atoms with Gasteiger partial charge in [-0.25, -0.2) is 9.97 Å². The number of ether oxygens (including phenoxy) is 2. The van der Waals surface area contributed by atoms with Gasteiger partial charge >= 0.3 is 0 Å². The summed E-state index contributed by atoms with van der Waals surface area (Å²) >= 11 is 1.78. The number of rotatable bonds is 2. The first-order valence-corrected chi connectivity index (χ1v) is 10.4. The summed E-state index contributed by atoms with van der Waals surface area (Å²) in [7, 11) is 0. The number of thioether (sulfide) groups is 1. The van der Waals surface area contributed by atoms with E-state index in [9.17, 15) is 0 Å². The van der Waals surface area contributed by atoms with Crippen molar-refractivity contribution in [2.45, 2.75) is 64.8 Å². The van der Waals surface area contributed by atoms with E-state index in [1.54, 1.807) is 11.8 Å². The van der Waals surface area contributed by atoms with Gasteiger partial charge in [-0.05, 0) is 40.9 Å². The monoisotopic (exact) mass is 399 g/mol. The molecule has 2 aliphatic heterocycles. The molecular formula is C19H33N3O4S. The molecule has 1 aromatic heterocycles. The molecule has 1 fully saturated rings. The second kappa shape index (κ2) is 9.59. The van der Waals surface area contributed by atoms with Gasteiger partial charge in [0.2, 0.25) is 0 Å². The predicted octanol–water partition coefficient (Wildman–Crippen LogP) is 3.49. The largest absolute Gasteiger partial charge is 0.485 e. The fourth-order valence-corrected chi connectivity index (χ4v) is 3.61. The highest BCUT2D eigenvalue weighted by Crippen LogP contribution is 2.47. The molecule has 27 heavy (non-hydrogen) atoms. The molecule has 0 saturated carbocycles. The zero-order chi connectivity index (χ0) is 20.8. The van der Waals surface area contributed by atoms with Crippen LogP contribution in [0.25, 0.3) is 0 Å². The van der Waals surface area contributed by atoms with E-state index < -0.39 is 0 Å². The van der Waals surface area contributed by atoms with Crippen LogP contribution in [0.3, 0.4) is 0 Å². The number of morpholine rings is 1. The maximum atomic E-state index is 8.36. The summed E-state index contributed by atoms with van der Waals surface area (Å²) in [5, 5.41) is 6.89. The van der Waals surface area contributed by atoms with Crippen molar-refractivity contribution in [1.29, 1.82) is 0 Å². The summed E-state index contributed by atoms with van der Waals surface area (Å²) in [6.07, 6.45) is 2.11. The number of hydrogen-bond acceptors (Lipinski definition) is 7. The van der Waals surface area contributed by atoms with Gasteiger partial charge in [0, 0.05) is 0 Å². The Morgan fingerprint density at radius 3 is 2.48 bits per heavy atom. The van der Waals surface area contributed by atoms with Crippen LogP contribution in [0.1, 0.15) is 53.1 Å². The third kappa shape index (κ3) is 4.85. The van der Waals surface area contributed by atoms with Crippen LogP contribution in [0, 0.1) is 6.92 Å². The number of hydrogen-bond donors (Lipinski definition) is 1.